The summed E-state index contributed by atoms with van der Waals surface area (Å²) in [5.74, 6) is 0. The van der Waals surface area contributed by atoms with Crippen LogP contribution in [0.25, 0.3) is 0 Å². The van der Waals surface area contributed by atoms with Crippen LogP contribution in [-0.4, -0.2) is 54.6 Å². The van der Waals surface area contributed by atoms with Crippen molar-refractivity contribution in [2.45, 2.75) is 32.4 Å². The van der Waals surface area contributed by atoms with Crippen molar-refractivity contribution in [1.29, 1.82) is 0 Å². The fourth-order valence-corrected chi connectivity index (χ4v) is 3.61. The Morgan fingerprint density at radius 3 is 2.32 bits per heavy atom. The topological polar surface area (TPSA) is 32.5 Å². The zero-order valence-corrected chi connectivity index (χ0v) is 12.1. The summed E-state index contributed by atoms with van der Waals surface area (Å²) in [6, 6.07) is 7.33. The van der Waals surface area contributed by atoms with Gasteiger partial charge in [-0.3, -0.25) is 9.80 Å². The van der Waals surface area contributed by atoms with Crippen molar-refractivity contribution in [2.24, 2.45) is 5.73 Å². The van der Waals surface area contributed by atoms with Crippen LogP contribution in [-0.2, 0) is 6.42 Å². The number of nitrogens with two attached hydrogens (primary N) is 1. The van der Waals surface area contributed by atoms with E-state index in [4.69, 9.17) is 5.73 Å². The lowest BCUT2D eigenvalue weighted by Gasteiger charge is -2.49. The lowest BCUT2D eigenvalue weighted by Crippen LogP contribution is -2.66. The third kappa shape index (κ3) is 2.55. The molecule has 3 saturated heterocycles. The van der Waals surface area contributed by atoms with E-state index in [2.05, 4.69) is 41.8 Å². The van der Waals surface area contributed by atoms with E-state index < -0.39 is 0 Å². The van der Waals surface area contributed by atoms with Crippen LogP contribution in [0.4, 0.5) is 0 Å². The van der Waals surface area contributed by atoms with Crippen molar-refractivity contribution in [2.75, 3.05) is 32.7 Å². The highest BCUT2D eigenvalue weighted by Gasteiger charge is 2.35. The molecule has 4 rings (SSSR count). The predicted molar refractivity (Wildman–Crippen MR) is 79.4 cm³/mol. The van der Waals surface area contributed by atoms with E-state index in [-0.39, 0.29) is 6.04 Å². The summed E-state index contributed by atoms with van der Waals surface area (Å²) >= 11 is 0. The minimum atomic E-state index is 0.253. The van der Waals surface area contributed by atoms with Gasteiger partial charge in [-0.15, -0.1) is 0 Å². The average Bonchev–Trinajstić information content (AvgIpc) is 2.44. The minimum absolute atomic E-state index is 0.253. The zero-order valence-electron chi connectivity index (χ0n) is 12.1. The van der Waals surface area contributed by atoms with E-state index in [9.17, 15) is 0 Å². The molecule has 1 aromatic rings. The van der Waals surface area contributed by atoms with E-state index in [1.807, 2.05) is 0 Å². The summed E-state index contributed by atoms with van der Waals surface area (Å²) in [5, 5.41) is 0. The first-order chi connectivity index (χ1) is 9.15. The molecule has 0 aliphatic carbocycles. The van der Waals surface area contributed by atoms with Crippen LogP contribution in [0.2, 0.25) is 0 Å². The first kappa shape index (κ1) is 13.1. The van der Waals surface area contributed by atoms with E-state index in [0.717, 1.165) is 13.0 Å². The fraction of sp³-hybridized carbons (Fsp3) is 0.625. The van der Waals surface area contributed by atoms with E-state index >= 15 is 0 Å². The SMILES string of the molecule is Cc1cccc(C)c1CC(N)C1CN2CCN1CC2. The van der Waals surface area contributed by atoms with E-state index in [0.29, 0.717) is 6.04 Å². The number of hydrogen-bond donors (Lipinski definition) is 1. The molecule has 3 nitrogen and oxygen atoms in total. The maximum Gasteiger partial charge on any atom is 0.0378 e. The number of fused-ring (bicyclic) bond motifs is 3. The smallest absolute Gasteiger partial charge is 0.0378 e. The second-order valence-corrected chi connectivity index (χ2v) is 6.14. The summed E-state index contributed by atoms with van der Waals surface area (Å²) in [5.41, 5.74) is 10.8. The second-order valence-electron chi connectivity index (χ2n) is 6.14. The Hall–Kier alpha value is -0.900. The summed E-state index contributed by atoms with van der Waals surface area (Å²) in [7, 11) is 0. The standard InChI is InChI=1S/C16H25N3/c1-12-4-3-5-13(2)14(12)10-15(17)16-11-18-6-8-19(16)9-7-18/h3-5,15-16H,6-11,17H2,1-2H3. The molecule has 0 amide bonds. The molecule has 0 saturated carbocycles. The number of piperazine rings is 3. The lowest BCUT2D eigenvalue weighted by molar-refractivity contribution is 0.00255. The molecule has 2 atom stereocenters. The molecule has 104 valence electrons. The Bertz CT molecular complexity index is 429. The van der Waals surface area contributed by atoms with Gasteiger partial charge in [-0.05, 0) is 37.0 Å². The van der Waals surface area contributed by atoms with Gasteiger partial charge >= 0.3 is 0 Å². The molecule has 3 heterocycles. The van der Waals surface area contributed by atoms with Crippen LogP contribution in [0.1, 0.15) is 16.7 Å². The molecular formula is C16H25N3. The predicted octanol–water partition coefficient (Wildman–Crippen LogP) is 1.17. The number of nitrogens with zero attached hydrogens (tertiary/aromatic N) is 2. The Labute approximate surface area is 116 Å². The molecule has 2 bridgehead atoms. The molecule has 3 heteroatoms. The molecule has 2 unspecified atom stereocenters. The molecule has 0 radical (unpaired) electrons. The molecule has 0 aromatic heterocycles. The second kappa shape index (κ2) is 5.23. The van der Waals surface area contributed by atoms with Gasteiger partial charge in [-0.2, -0.15) is 0 Å². The van der Waals surface area contributed by atoms with Crippen molar-refractivity contribution in [3.8, 4) is 0 Å². The third-order valence-corrected chi connectivity index (χ3v) is 4.90. The molecular weight excluding hydrogens is 234 g/mol. The first-order valence-corrected chi connectivity index (χ1v) is 7.42. The lowest BCUT2D eigenvalue weighted by atomic mass is 9.91. The van der Waals surface area contributed by atoms with E-state index in [1.165, 1.54) is 42.9 Å². The van der Waals surface area contributed by atoms with Gasteiger partial charge in [0.2, 0.25) is 0 Å². The van der Waals surface area contributed by atoms with Crippen molar-refractivity contribution >= 4 is 0 Å². The van der Waals surface area contributed by atoms with Crippen LogP contribution < -0.4 is 5.73 Å². The Morgan fingerprint density at radius 1 is 1.16 bits per heavy atom. The van der Waals surface area contributed by atoms with Crippen molar-refractivity contribution in [3.05, 3.63) is 34.9 Å². The van der Waals surface area contributed by atoms with Gasteiger partial charge in [-0.1, -0.05) is 18.2 Å². The maximum atomic E-state index is 6.54. The molecule has 3 fully saturated rings. The minimum Gasteiger partial charge on any atom is -0.326 e. The van der Waals surface area contributed by atoms with Crippen LogP contribution in [0.3, 0.4) is 0 Å². The van der Waals surface area contributed by atoms with Crippen LogP contribution in [0.5, 0.6) is 0 Å². The van der Waals surface area contributed by atoms with Gasteiger partial charge in [0.15, 0.2) is 0 Å². The summed E-state index contributed by atoms with van der Waals surface area (Å²) in [6.07, 6.45) is 1.01. The summed E-state index contributed by atoms with van der Waals surface area (Å²) in [4.78, 5) is 5.16. The highest BCUT2D eigenvalue weighted by Crippen LogP contribution is 2.21. The monoisotopic (exact) mass is 259 g/mol. The number of rotatable bonds is 3. The summed E-state index contributed by atoms with van der Waals surface area (Å²) < 4.78 is 0. The van der Waals surface area contributed by atoms with Gasteiger partial charge in [0.25, 0.3) is 0 Å². The van der Waals surface area contributed by atoms with E-state index in [1.54, 1.807) is 0 Å². The highest BCUT2D eigenvalue weighted by atomic mass is 15.3. The summed E-state index contributed by atoms with van der Waals surface area (Å²) in [6.45, 7) is 10.4. The van der Waals surface area contributed by atoms with Gasteiger partial charge < -0.3 is 5.73 Å². The van der Waals surface area contributed by atoms with Crippen molar-refractivity contribution in [3.63, 3.8) is 0 Å². The van der Waals surface area contributed by atoms with Gasteiger partial charge in [0.1, 0.15) is 0 Å². The number of benzene rings is 1. The quantitative estimate of drug-likeness (QED) is 0.884. The van der Waals surface area contributed by atoms with Gasteiger partial charge in [0, 0.05) is 44.8 Å². The fourth-order valence-electron chi connectivity index (χ4n) is 3.61. The molecule has 19 heavy (non-hydrogen) atoms. The molecule has 3 aliphatic heterocycles. The Morgan fingerprint density at radius 2 is 1.79 bits per heavy atom. The largest absolute Gasteiger partial charge is 0.326 e. The number of aryl methyl sites for hydroxylation is 2. The van der Waals surface area contributed by atoms with Gasteiger partial charge in [0.05, 0.1) is 0 Å². The molecule has 2 N–H and O–H groups in total. The number of hydrogen-bond acceptors (Lipinski definition) is 3. The molecule has 1 aromatic carbocycles. The highest BCUT2D eigenvalue weighted by molar-refractivity contribution is 5.34. The Kier molecular flexibility index (Phi) is 3.61. The Balaban J connectivity index is 1.73. The molecule has 0 spiro atoms. The molecule has 3 aliphatic rings. The van der Waals surface area contributed by atoms with Crippen LogP contribution in [0, 0.1) is 13.8 Å². The van der Waals surface area contributed by atoms with Crippen LogP contribution in [0.15, 0.2) is 18.2 Å². The zero-order chi connectivity index (χ0) is 13.4. The normalized spacial score (nSPS) is 31.4. The van der Waals surface area contributed by atoms with Gasteiger partial charge in [-0.25, -0.2) is 0 Å². The third-order valence-electron chi connectivity index (χ3n) is 4.90. The van der Waals surface area contributed by atoms with Crippen LogP contribution >= 0.6 is 0 Å². The maximum absolute atomic E-state index is 6.54. The first-order valence-electron chi connectivity index (χ1n) is 7.42. The van der Waals surface area contributed by atoms with Crippen molar-refractivity contribution < 1.29 is 0 Å². The average molecular weight is 259 g/mol. The van der Waals surface area contributed by atoms with Crippen molar-refractivity contribution in [1.82, 2.24) is 9.80 Å².